The normalized spacial score (nSPS) is 25.1. The quantitative estimate of drug-likeness (QED) is 0.709. The molecule has 1 fully saturated rings. The Bertz CT molecular complexity index is 362. The summed E-state index contributed by atoms with van der Waals surface area (Å²) in [7, 11) is 0. The van der Waals surface area contributed by atoms with Crippen molar-refractivity contribution in [3.05, 3.63) is 18.0 Å². The van der Waals surface area contributed by atoms with Crippen molar-refractivity contribution in [1.29, 1.82) is 0 Å². The Hall–Kier alpha value is -1.26. The summed E-state index contributed by atoms with van der Waals surface area (Å²) in [5.41, 5.74) is 0.224. The highest BCUT2D eigenvalue weighted by Crippen LogP contribution is 2.41. The number of hydrogen-bond acceptors (Lipinski definition) is 2. The molecular formula is C10H12F2N2O. The molecule has 1 aromatic heterocycles. The van der Waals surface area contributed by atoms with Gasteiger partial charge >= 0.3 is 0 Å². The third-order valence-corrected chi connectivity index (χ3v) is 2.84. The van der Waals surface area contributed by atoms with Crippen molar-refractivity contribution >= 4 is 6.29 Å². The Morgan fingerprint density at radius 1 is 1.53 bits per heavy atom. The Labute approximate surface area is 86.1 Å². The van der Waals surface area contributed by atoms with Gasteiger partial charge in [0.1, 0.15) is 11.7 Å². The first-order valence-corrected chi connectivity index (χ1v) is 5.01. The van der Waals surface area contributed by atoms with Crippen LogP contribution in [0.4, 0.5) is 8.78 Å². The fraction of sp³-hybridized carbons (Fsp3) is 0.600. The number of rotatable bonds is 2. The van der Waals surface area contributed by atoms with E-state index >= 15 is 0 Å². The molecule has 82 valence electrons. The van der Waals surface area contributed by atoms with Crippen LogP contribution in [0.3, 0.4) is 0 Å². The van der Waals surface area contributed by atoms with Gasteiger partial charge in [0.2, 0.25) is 0 Å². The molecule has 1 aromatic rings. The number of hydrogen-bond donors (Lipinski definition) is 0. The number of aromatic nitrogens is 2. The van der Waals surface area contributed by atoms with Crippen molar-refractivity contribution < 1.29 is 13.6 Å². The second kappa shape index (κ2) is 3.72. The summed E-state index contributed by atoms with van der Waals surface area (Å²) in [6, 6.07) is 0.499. The first-order valence-electron chi connectivity index (χ1n) is 5.01. The van der Waals surface area contributed by atoms with Gasteiger partial charge in [-0.3, -0.25) is 9.48 Å². The van der Waals surface area contributed by atoms with E-state index in [0.29, 0.717) is 19.1 Å². The molecule has 1 saturated carbocycles. The minimum atomic E-state index is -2.75. The van der Waals surface area contributed by atoms with Crippen LogP contribution in [0.25, 0.3) is 0 Å². The van der Waals surface area contributed by atoms with Gasteiger partial charge in [0.15, 0.2) is 6.29 Å². The zero-order chi connectivity index (χ0) is 10.9. The van der Waals surface area contributed by atoms with E-state index in [2.05, 4.69) is 5.10 Å². The maximum absolute atomic E-state index is 13.6. The Kier molecular flexibility index (Phi) is 2.54. The number of carbonyl (C=O) groups is 1. The third kappa shape index (κ3) is 1.78. The molecule has 15 heavy (non-hydrogen) atoms. The molecule has 1 heterocycles. The van der Waals surface area contributed by atoms with Crippen LogP contribution in [0.15, 0.2) is 12.3 Å². The zero-order valence-corrected chi connectivity index (χ0v) is 8.20. The summed E-state index contributed by atoms with van der Waals surface area (Å²) in [5.74, 6) is -2.75. The van der Waals surface area contributed by atoms with E-state index in [0.717, 1.165) is 11.1 Å². The second-order valence-electron chi connectivity index (χ2n) is 3.84. The summed E-state index contributed by atoms with van der Waals surface area (Å²) >= 11 is 0. The van der Waals surface area contributed by atoms with E-state index in [1.807, 2.05) is 0 Å². The van der Waals surface area contributed by atoms with E-state index in [-0.39, 0.29) is 12.1 Å². The van der Waals surface area contributed by atoms with Gasteiger partial charge in [0.05, 0.1) is 0 Å². The Morgan fingerprint density at radius 3 is 3.00 bits per heavy atom. The molecule has 1 aliphatic carbocycles. The van der Waals surface area contributed by atoms with E-state index in [1.54, 1.807) is 0 Å². The van der Waals surface area contributed by atoms with Crippen molar-refractivity contribution in [1.82, 2.24) is 9.78 Å². The lowest BCUT2D eigenvalue weighted by Gasteiger charge is -2.31. The van der Waals surface area contributed by atoms with Crippen molar-refractivity contribution in [2.24, 2.45) is 0 Å². The van der Waals surface area contributed by atoms with Gasteiger partial charge < -0.3 is 0 Å². The van der Waals surface area contributed by atoms with Crippen LogP contribution in [-0.2, 0) is 0 Å². The monoisotopic (exact) mass is 214 g/mol. The largest absolute Gasteiger partial charge is 0.296 e. The summed E-state index contributed by atoms with van der Waals surface area (Å²) in [5, 5.41) is 3.81. The van der Waals surface area contributed by atoms with Crippen molar-refractivity contribution in [3.8, 4) is 0 Å². The predicted molar refractivity (Wildman–Crippen MR) is 50.1 cm³/mol. The van der Waals surface area contributed by atoms with Gasteiger partial charge in [-0.25, -0.2) is 8.78 Å². The van der Waals surface area contributed by atoms with E-state index in [1.165, 1.54) is 12.3 Å². The fourth-order valence-electron chi connectivity index (χ4n) is 2.06. The van der Waals surface area contributed by atoms with E-state index in [9.17, 15) is 13.6 Å². The standard InChI is InChI=1S/C10H12F2N2O/c11-10(12)5-2-1-3-9(10)14-8(7-15)4-6-13-14/h4,6-7,9H,1-3,5H2. The highest BCUT2D eigenvalue weighted by atomic mass is 19.3. The molecule has 0 N–H and O–H groups in total. The van der Waals surface area contributed by atoms with Crippen LogP contribution in [0, 0.1) is 0 Å². The van der Waals surface area contributed by atoms with Crippen LogP contribution < -0.4 is 0 Å². The number of halogens is 2. The summed E-state index contributed by atoms with van der Waals surface area (Å²) in [6.45, 7) is 0. The molecule has 0 aliphatic heterocycles. The molecule has 1 atom stereocenters. The number of carbonyl (C=O) groups excluding carboxylic acids is 1. The maximum atomic E-state index is 13.6. The highest BCUT2D eigenvalue weighted by Gasteiger charge is 2.43. The molecule has 3 nitrogen and oxygen atoms in total. The number of nitrogens with zero attached hydrogens (tertiary/aromatic N) is 2. The lowest BCUT2D eigenvalue weighted by atomic mass is 9.91. The molecule has 0 radical (unpaired) electrons. The van der Waals surface area contributed by atoms with Crippen molar-refractivity contribution in [3.63, 3.8) is 0 Å². The molecule has 5 heteroatoms. The average Bonchev–Trinajstić information content (AvgIpc) is 2.64. The van der Waals surface area contributed by atoms with E-state index < -0.39 is 12.0 Å². The van der Waals surface area contributed by atoms with Crippen LogP contribution in [-0.4, -0.2) is 22.0 Å². The fourth-order valence-corrected chi connectivity index (χ4v) is 2.06. The smallest absolute Gasteiger partial charge is 0.270 e. The summed E-state index contributed by atoms with van der Waals surface area (Å²) in [4.78, 5) is 10.6. The van der Waals surface area contributed by atoms with Gasteiger partial charge in [-0.1, -0.05) is 6.42 Å². The molecule has 0 amide bonds. The average molecular weight is 214 g/mol. The van der Waals surface area contributed by atoms with Crippen LogP contribution in [0.2, 0.25) is 0 Å². The van der Waals surface area contributed by atoms with Crippen molar-refractivity contribution in [2.45, 2.75) is 37.6 Å². The van der Waals surface area contributed by atoms with Crippen LogP contribution in [0.1, 0.15) is 42.2 Å². The second-order valence-corrected chi connectivity index (χ2v) is 3.84. The third-order valence-electron chi connectivity index (χ3n) is 2.84. The molecular weight excluding hydrogens is 202 g/mol. The summed E-state index contributed by atoms with van der Waals surface area (Å²) < 4.78 is 28.3. The minimum absolute atomic E-state index is 0.115. The molecule has 0 spiro atoms. The summed E-state index contributed by atoms with van der Waals surface area (Å²) in [6.07, 6.45) is 3.52. The van der Waals surface area contributed by atoms with Gasteiger partial charge in [-0.15, -0.1) is 0 Å². The first kappa shape index (κ1) is 10.3. The van der Waals surface area contributed by atoms with Gasteiger partial charge in [-0.2, -0.15) is 5.10 Å². The van der Waals surface area contributed by atoms with Gasteiger partial charge in [0.25, 0.3) is 5.92 Å². The minimum Gasteiger partial charge on any atom is -0.296 e. The van der Waals surface area contributed by atoms with Crippen molar-refractivity contribution in [2.75, 3.05) is 0 Å². The molecule has 0 aromatic carbocycles. The maximum Gasteiger partial charge on any atom is 0.270 e. The molecule has 0 saturated heterocycles. The highest BCUT2D eigenvalue weighted by molar-refractivity contribution is 5.71. The van der Waals surface area contributed by atoms with E-state index in [4.69, 9.17) is 0 Å². The van der Waals surface area contributed by atoms with Gasteiger partial charge in [-0.05, 0) is 18.9 Å². The van der Waals surface area contributed by atoms with Crippen LogP contribution >= 0.6 is 0 Å². The topological polar surface area (TPSA) is 34.9 Å². The predicted octanol–water partition coefficient (Wildman–Crippen LogP) is 2.45. The number of alkyl halides is 2. The molecule has 2 rings (SSSR count). The Morgan fingerprint density at radius 2 is 2.33 bits per heavy atom. The molecule has 1 aliphatic rings. The van der Waals surface area contributed by atoms with Crippen LogP contribution in [0.5, 0.6) is 0 Å². The lowest BCUT2D eigenvalue weighted by molar-refractivity contribution is -0.0821. The first-order chi connectivity index (χ1) is 7.15. The molecule has 1 unspecified atom stereocenters. The SMILES string of the molecule is O=Cc1ccnn1C1CCCCC1(F)F. The Balaban J connectivity index is 2.32. The van der Waals surface area contributed by atoms with Gasteiger partial charge in [0, 0.05) is 12.6 Å². The molecule has 0 bridgehead atoms. The zero-order valence-electron chi connectivity index (χ0n) is 8.20. The lowest BCUT2D eigenvalue weighted by Crippen LogP contribution is -2.35. The number of aldehydes is 1.